The molecule has 0 aromatic heterocycles. The molecule has 0 spiro atoms. The molecule has 1 heterocycles. The third-order valence-corrected chi connectivity index (χ3v) is 5.05. The zero-order chi connectivity index (χ0) is 19.1. The van der Waals surface area contributed by atoms with Gasteiger partial charge in [0.15, 0.2) is 0 Å². The van der Waals surface area contributed by atoms with Crippen molar-refractivity contribution in [1.82, 2.24) is 10.2 Å². The van der Waals surface area contributed by atoms with Gasteiger partial charge in [0.25, 0.3) is 0 Å². The van der Waals surface area contributed by atoms with E-state index in [1.54, 1.807) is 4.90 Å². The minimum Gasteiger partial charge on any atom is -0.492 e. The molecule has 1 aliphatic rings. The minimum absolute atomic E-state index is 0. The molecule has 1 N–H and O–H groups in total. The van der Waals surface area contributed by atoms with Crippen LogP contribution in [0.2, 0.25) is 0 Å². The van der Waals surface area contributed by atoms with Gasteiger partial charge in [-0.15, -0.1) is 12.4 Å². The molecule has 1 aliphatic heterocycles. The number of hydrogen-bond donors (Lipinski definition) is 1. The first-order valence-electron chi connectivity index (χ1n) is 9.49. The molecule has 0 radical (unpaired) electrons. The van der Waals surface area contributed by atoms with Crippen LogP contribution in [0.1, 0.15) is 12.5 Å². The number of ether oxygens (including phenoxy) is 2. The molecule has 0 saturated carbocycles. The largest absolute Gasteiger partial charge is 0.492 e. The van der Waals surface area contributed by atoms with Crippen molar-refractivity contribution >= 4 is 18.3 Å². The van der Waals surface area contributed by atoms with Crippen molar-refractivity contribution in [2.75, 3.05) is 33.3 Å². The molecule has 28 heavy (non-hydrogen) atoms. The maximum absolute atomic E-state index is 12.4. The third-order valence-electron chi connectivity index (χ3n) is 5.05. The van der Waals surface area contributed by atoms with Crippen LogP contribution in [0.15, 0.2) is 54.6 Å². The van der Waals surface area contributed by atoms with Gasteiger partial charge in [-0.2, -0.15) is 0 Å². The molecule has 2 aromatic rings. The Bertz CT molecular complexity index is 720. The second-order valence-electron chi connectivity index (χ2n) is 7.06. The Labute approximate surface area is 173 Å². The van der Waals surface area contributed by atoms with Gasteiger partial charge in [0.2, 0.25) is 5.91 Å². The summed E-state index contributed by atoms with van der Waals surface area (Å²) < 4.78 is 11.5. The van der Waals surface area contributed by atoms with E-state index in [1.807, 2.05) is 68.6 Å². The van der Waals surface area contributed by atoms with Crippen molar-refractivity contribution in [3.8, 4) is 11.5 Å². The quantitative estimate of drug-likeness (QED) is 0.696. The molecule has 5 nitrogen and oxygen atoms in total. The van der Waals surface area contributed by atoms with Crippen LogP contribution in [0.3, 0.4) is 0 Å². The number of carbonyl (C=O) groups is 1. The van der Waals surface area contributed by atoms with E-state index in [9.17, 15) is 4.79 Å². The summed E-state index contributed by atoms with van der Waals surface area (Å²) in [5.41, 5.74) is 1.14. The lowest BCUT2D eigenvalue weighted by molar-refractivity contribution is -0.136. The maximum Gasteiger partial charge on any atom is 0.225 e. The van der Waals surface area contributed by atoms with E-state index in [-0.39, 0.29) is 24.2 Å². The first-order valence-corrected chi connectivity index (χ1v) is 9.49. The number of nitrogens with zero attached hydrogens (tertiary/aromatic N) is 1. The number of hydrogen-bond acceptors (Lipinski definition) is 4. The average Bonchev–Trinajstić information content (AvgIpc) is 2.66. The van der Waals surface area contributed by atoms with Gasteiger partial charge in [0.05, 0.1) is 6.54 Å². The maximum atomic E-state index is 12.4. The summed E-state index contributed by atoms with van der Waals surface area (Å²) in [6.45, 7) is 5.49. The number of likely N-dealkylation sites (N-methyl/N-ethyl adjacent to an activating group) is 1. The van der Waals surface area contributed by atoms with Crippen molar-refractivity contribution in [1.29, 1.82) is 0 Å². The van der Waals surface area contributed by atoms with Crippen LogP contribution in [0.25, 0.3) is 0 Å². The lowest BCUT2D eigenvalue weighted by Gasteiger charge is -2.33. The summed E-state index contributed by atoms with van der Waals surface area (Å²) in [4.78, 5) is 14.1. The van der Waals surface area contributed by atoms with E-state index in [4.69, 9.17) is 9.47 Å². The summed E-state index contributed by atoms with van der Waals surface area (Å²) in [5.74, 6) is 2.30. The van der Waals surface area contributed by atoms with Crippen LogP contribution in [-0.4, -0.2) is 44.1 Å². The van der Waals surface area contributed by atoms with E-state index < -0.39 is 0 Å². The molecule has 1 unspecified atom stereocenters. The molecular formula is C22H29ClN2O3. The zero-order valence-electron chi connectivity index (χ0n) is 16.5. The van der Waals surface area contributed by atoms with Gasteiger partial charge >= 0.3 is 0 Å². The Balaban J connectivity index is 0.00000280. The van der Waals surface area contributed by atoms with Gasteiger partial charge in [-0.3, -0.25) is 4.79 Å². The van der Waals surface area contributed by atoms with Crippen LogP contribution in [0.5, 0.6) is 11.5 Å². The molecule has 152 valence electrons. The highest BCUT2D eigenvalue weighted by atomic mass is 35.5. The van der Waals surface area contributed by atoms with Crippen LogP contribution >= 0.6 is 12.4 Å². The Morgan fingerprint density at radius 1 is 1.07 bits per heavy atom. The molecule has 1 atom stereocenters. The summed E-state index contributed by atoms with van der Waals surface area (Å²) in [7, 11) is 1.84. The summed E-state index contributed by atoms with van der Waals surface area (Å²) in [6.07, 6.45) is 0. The predicted octanol–water partition coefficient (Wildman–Crippen LogP) is 3.38. The molecule has 2 aromatic carbocycles. The summed E-state index contributed by atoms with van der Waals surface area (Å²) in [5, 5.41) is 3.22. The Hall–Kier alpha value is -2.24. The molecule has 0 aliphatic carbocycles. The lowest BCUT2D eigenvalue weighted by Crippen LogP contribution is -2.50. The summed E-state index contributed by atoms with van der Waals surface area (Å²) >= 11 is 0. The number of carbonyl (C=O) groups excluding carboxylic acids is 1. The van der Waals surface area contributed by atoms with E-state index in [1.165, 1.54) is 0 Å². The highest BCUT2D eigenvalue weighted by Crippen LogP contribution is 2.20. The van der Waals surface area contributed by atoms with Gasteiger partial charge in [-0.05, 0) is 48.8 Å². The Morgan fingerprint density at radius 2 is 1.68 bits per heavy atom. The molecule has 1 saturated heterocycles. The normalized spacial score (nSPS) is 14.4. The van der Waals surface area contributed by atoms with Crippen LogP contribution in [0, 0.1) is 11.8 Å². The fraction of sp³-hybridized carbons (Fsp3) is 0.409. The number of halogens is 1. The molecule has 3 rings (SSSR count). The third kappa shape index (κ3) is 6.14. The van der Waals surface area contributed by atoms with Crippen LogP contribution < -0.4 is 14.8 Å². The smallest absolute Gasteiger partial charge is 0.225 e. The highest BCUT2D eigenvalue weighted by molar-refractivity contribution is 5.85. The topological polar surface area (TPSA) is 50.8 Å². The van der Waals surface area contributed by atoms with E-state index in [2.05, 4.69) is 5.32 Å². The Kier molecular flexibility index (Phi) is 8.61. The fourth-order valence-electron chi connectivity index (χ4n) is 3.00. The summed E-state index contributed by atoms with van der Waals surface area (Å²) in [6, 6.07) is 17.7. The van der Waals surface area contributed by atoms with Gasteiger partial charge < -0.3 is 19.7 Å². The highest BCUT2D eigenvalue weighted by Gasteiger charge is 2.30. The second-order valence-corrected chi connectivity index (χ2v) is 7.06. The van der Waals surface area contributed by atoms with Crippen molar-refractivity contribution in [3.05, 3.63) is 60.2 Å². The molecule has 6 heteroatoms. The molecular weight excluding hydrogens is 376 g/mol. The number of nitrogens with one attached hydrogen (secondary N) is 1. The SMILES string of the molecule is CC(C(=O)N(C)CCOc1ccc(OCc2ccccc2)cc1)C1CNC1.Cl. The lowest BCUT2D eigenvalue weighted by atomic mass is 9.88. The van der Waals surface area contributed by atoms with Crippen molar-refractivity contribution in [2.45, 2.75) is 13.5 Å². The van der Waals surface area contributed by atoms with Crippen molar-refractivity contribution < 1.29 is 14.3 Å². The first-order chi connectivity index (χ1) is 13.1. The minimum atomic E-state index is 0. The molecule has 1 fully saturated rings. The van der Waals surface area contributed by atoms with Crippen LogP contribution in [-0.2, 0) is 11.4 Å². The average molecular weight is 405 g/mol. The number of benzene rings is 2. The number of rotatable bonds is 9. The van der Waals surface area contributed by atoms with Gasteiger partial charge in [0, 0.05) is 13.0 Å². The monoisotopic (exact) mass is 404 g/mol. The molecule has 0 bridgehead atoms. The standard InChI is InChI=1S/C22H28N2O3.ClH/c1-17(19-14-23-15-19)22(25)24(2)12-13-26-20-8-10-21(11-9-20)27-16-18-6-4-3-5-7-18;/h3-11,17,19,23H,12-16H2,1-2H3;1H. The van der Waals surface area contributed by atoms with Gasteiger partial charge in [-0.25, -0.2) is 0 Å². The zero-order valence-corrected chi connectivity index (χ0v) is 17.3. The Morgan fingerprint density at radius 3 is 2.25 bits per heavy atom. The van der Waals surface area contributed by atoms with E-state index >= 15 is 0 Å². The van der Waals surface area contributed by atoms with E-state index in [0.29, 0.717) is 25.7 Å². The number of amides is 1. The van der Waals surface area contributed by atoms with Crippen LogP contribution in [0.4, 0.5) is 0 Å². The molecule has 1 amide bonds. The predicted molar refractivity (Wildman–Crippen MR) is 113 cm³/mol. The first kappa shape index (κ1) is 22.1. The van der Waals surface area contributed by atoms with E-state index in [0.717, 1.165) is 30.2 Å². The second kappa shape index (κ2) is 10.9. The van der Waals surface area contributed by atoms with Gasteiger partial charge in [0.1, 0.15) is 24.7 Å². The van der Waals surface area contributed by atoms with Crippen molar-refractivity contribution in [3.63, 3.8) is 0 Å². The van der Waals surface area contributed by atoms with Crippen molar-refractivity contribution in [2.24, 2.45) is 11.8 Å². The fourth-order valence-corrected chi connectivity index (χ4v) is 3.00. The van der Waals surface area contributed by atoms with Gasteiger partial charge in [-0.1, -0.05) is 37.3 Å².